The minimum atomic E-state index is -0.339. The second-order valence-electron chi connectivity index (χ2n) is 6.39. The van der Waals surface area contributed by atoms with Crippen LogP contribution in [0.4, 0.5) is 0 Å². The van der Waals surface area contributed by atoms with Crippen LogP contribution in [-0.4, -0.2) is 39.2 Å². The van der Waals surface area contributed by atoms with Crippen molar-refractivity contribution >= 4 is 28.8 Å². The highest BCUT2D eigenvalue weighted by Crippen LogP contribution is 2.25. The second kappa shape index (κ2) is 6.84. The molecule has 0 amide bonds. The summed E-state index contributed by atoms with van der Waals surface area (Å²) in [6, 6.07) is 5.56. The van der Waals surface area contributed by atoms with Crippen molar-refractivity contribution < 1.29 is 4.92 Å². The molecule has 8 heteroatoms. The Morgan fingerprint density at radius 1 is 1.35 bits per heavy atom. The highest BCUT2D eigenvalue weighted by molar-refractivity contribution is 6.29. The van der Waals surface area contributed by atoms with Gasteiger partial charge in [0.1, 0.15) is 5.15 Å². The van der Waals surface area contributed by atoms with Crippen LogP contribution in [0.1, 0.15) is 24.3 Å². The molecule has 0 N–H and O–H groups in total. The maximum Gasteiger partial charge on any atom is 0.265 e. The summed E-state index contributed by atoms with van der Waals surface area (Å²) in [6.45, 7) is 1.31. The predicted octanol–water partition coefficient (Wildman–Crippen LogP) is 3.55. The van der Waals surface area contributed by atoms with Gasteiger partial charge in [-0.1, -0.05) is 11.6 Å². The largest absolute Gasteiger partial charge is 0.292 e. The van der Waals surface area contributed by atoms with Gasteiger partial charge in [-0.05, 0) is 48.3 Å². The molecule has 0 fully saturated rings. The van der Waals surface area contributed by atoms with Gasteiger partial charge < -0.3 is 0 Å². The van der Waals surface area contributed by atoms with Gasteiger partial charge in [-0.25, -0.2) is 4.98 Å². The number of aromatic nitrogens is 2. The lowest BCUT2D eigenvalue weighted by Gasteiger charge is -2.19. The van der Waals surface area contributed by atoms with Crippen LogP contribution in [0.3, 0.4) is 0 Å². The molecule has 2 aromatic rings. The van der Waals surface area contributed by atoms with Crippen LogP contribution in [0.2, 0.25) is 5.15 Å². The third-order valence-electron chi connectivity index (χ3n) is 4.54. The Balaban J connectivity index is 1.47. The van der Waals surface area contributed by atoms with Crippen molar-refractivity contribution in [1.82, 2.24) is 15.0 Å². The number of hydrogen-bond donors (Lipinski definition) is 0. The molecular weight excluding hydrogens is 354 g/mol. The molecule has 0 bridgehead atoms. The van der Waals surface area contributed by atoms with Crippen LogP contribution in [-0.2, 0) is 0 Å². The fraction of sp³-hybridized carbons (Fsp3) is 0.278. The molecule has 2 aliphatic rings. The zero-order valence-corrected chi connectivity index (χ0v) is 14.6. The first-order chi connectivity index (χ1) is 12.6. The minimum Gasteiger partial charge on any atom is -0.292 e. The van der Waals surface area contributed by atoms with Gasteiger partial charge in [0.05, 0.1) is 22.5 Å². The van der Waals surface area contributed by atoms with Crippen molar-refractivity contribution in [3.8, 4) is 0 Å². The number of hydrogen-bond acceptors (Lipinski definition) is 6. The lowest BCUT2D eigenvalue weighted by molar-refractivity contribution is -0.419. The summed E-state index contributed by atoms with van der Waals surface area (Å²) in [7, 11) is 0. The van der Waals surface area contributed by atoms with Crippen LogP contribution in [0.15, 0.2) is 52.9 Å². The lowest BCUT2D eigenvalue weighted by atomic mass is 10.0. The van der Waals surface area contributed by atoms with Crippen LogP contribution in [0, 0.1) is 10.1 Å². The van der Waals surface area contributed by atoms with Gasteiger partial charge in [-0.15, -0.1) is 0 Å². The van der Waals surface area contributed by atoms with Gasteiger partial charge in [0.25, 0.3) is 5.70 Å². The molecule has 3 heterocycles. The Hall–Kier alpha value is -2.80. The van der Waals surface area contributed by atoms with Crippen molar-refractivity contribution in [1.29, 1.82) is 0 Å². The number of nitro groups is 1. The quantitative estimate of drug-likeness (QED) is 0.467. The normalized spacial score (nSPS) is 19.6. The van der Waals surface area contributed by atoms with Gasteiger partial charge in [0.2, 0.25) is 0 Å². The number of halogens is 1. The third kappa shape index (κ3) is 3.43. The molecule has 7 nitrogen and oxygen atoms in total. The monoisotopic (exact) mass is 369 g/mol. The highest BCUT2D eigenvalue weighted by Gasteiger charge is 2.22. The molecule has 132 valence electrons. The van der Waals surface area contributed by atoms with Crippen molar-refractivity contribution in [3.63, 3.8) is 0 Å². The SMILES string of the molecule is O=[N+]([O-])C1=CCCC(CN2CC(c3cnc4ccc(Cl)nc4c3)C=N2)=C1. The number of rotatable bonds is 4. The van der Waals surface area contributed by atoms with Gasteiger partial charge in [0.15, 0.2) is 0 Å². The summed E-state index contributed by atoms with van der Waals surface area (Å²) < 4.78 is 0. The minimum absolute atomic E-state index is 0.113. The van der Waals surface area contributed by atoms with E-state index in [1.165, 1.54) is 0 Å². The number of fused-ring (bicyclic) bond motifs is 1. The molecule has 0 saturated heterocycles. The van der Waals surface area contributed by atoms with E-state index < -0.39 is 0 Å². The molecule has 0 saturated carbocycles. The summed E-state index contributed by atoms with van der Waals surface area (Å²) in [5.41, 5.74) is 3.80. The van der Waals surface area contributed by atoms with E-state index in [-0.39, 0.29) is 16.5 Å². The molecule has 2 aromatic heterocycles. The Labute approximate surface area is 154 Å². The highest BCUT2D eigenvalue weighted by atomic mass is 35.5. The molecular formula is C18H16ClN5O2. The first-order valence-corrected chi connectivity index (χ1v) is 8.71. The zero-order chi connectivity index (χ0) is 18.1. The summed E-state index contributed by atoms with van der Waals surface area (Å²) in [5.74, 6) is 0.113. The Bertz CT molecular complexity index is 969. The van der Waals surface area contributed by atoms with E-state index in [9.17, 15) is 10.1 Å². The average molecular weight is 370 g/mol. The molecule has 0 spiro atoms. The Kier molecular flexibility index (Phi) is 4.38. The number of hydrazone groups is 1. The Morgan fingerprint density at radius 3 is 3.08 bits per heavy atom. The second-order valence-corrected chi connectivity index (χ2v) is 6.77. The standard InChI is InChI=1S/C18H16ClN5O2/c19-18-5-4-16-17(22-18)7-13(8-20-16)14-9-21-23(11-14)10-12-2-1-3-15(6-12)24(25)26/h3-9,14H,1-2,10-11H2. The Morgan fingerprint density at radius 2 is 2.23 bits per heavy atom. The van der Waals surface area contributed by atoms with Crippen molar-refractivity contribution in [2.45, 2.75) is 18.8 Å². The van der Waals surface area contributed by atoms with Gasteiger partial charge in [0, 0.05) is 31.0 Å². The lowest BCUT2D eigenvalue weighted by Crippen LogP contribution is -2.21. The molecule has 0 radical (unpaired) electrons. The molecule has 1 aliphatic heterocycles. The van der Waals surface area contributed by atoms with E-state index in [1.54, 1.807) is 18.2 Å². The van der Waals surface area contributed by atoms with Crippen LogP contribution < -0.4 is 0 Å². The zero-order valence-electron chi connectivity index (χ0n) is 13.9. The van der Waals surface area contributed by atoms with E-state index in [0.29, 0.717) is 24.7 Å². The van der Waals surface area contributed by atoms with Gasteiger partial charge >= 0.3 is 0 Å². The molecule has 4 rings (SSSR count). The van der Waals surface area contributed by atoms with Crippen LogP contribution >= 0.6 is 11.6 Å². The van der Waals surface area contributed by atoms with E-state index >= 15 is 0 Å². The average Bonchev–Trinajstić information content (AvgIpc) is 3.09. The fourth-order valence-electron chi connectivity index (χ4n) is 3.23. The van der Waals surface area contributed by atoms with Gasteiger partial charge in [-0.3, -0.25) is 20.1 Å². The van der Waals surface area contributed by atoms with Crippen molar-refractivity contribution in [2.75, 3.05) is 13.1 Å². The topological polar surface area (TPSA) is 84.5 Å². The molecule has 1 atom stereocenters. The number of pyridine rings is 2. The molecule has 26 heavy (non-hydrogen) atoms. The molecule has 0 aromatic carbocycles. The first-order valence-electron chi connectivity index (χ1n) is 8.34. The predicted molar refractivity (Wildman–Crippen MR) is 99.7 cm³/mol. The summed E-state index contributed by atoms with van der Waals surface area (Å²) in [5, 5.41) is 17.8. The summed E-state index contributed by atoms with van der Waals surface area (Å²) in [4.78, 5) is 19.3. The summed E-state index contributed by atoms with van der Waals surface area (Å²) in [6.07, 6.45) is 8.58. The molecule has 1 aliphatic carbocycles. The third-order valence-corrected chi connectivity index (χ3v) is 4.75. The maximum absolute atomic E-state index is 10.9. The van der Waals surface area contributed by atoms with E-state index in [1.807, 2.05) is 29.6 Å². The molecule has 1 unspecified atom stereocenters. The number of nitrogens with zero attached hydrogens (tertiary/aromatic N) is 5. The number of allylic oxidation sites excluding steroid dienone is 2. The van der Waals surface area contributed by atoms with Gasteiger partial charge in [-0.2, -0.15) is 5.10 Å². The van der Waals surface area contributed by atoms with Crippen molar-refractivity contribution in [3.05, 3.63) is 68.6 Å². The van der Waals surface area contributed by atoms with E-state index in [2.05, 4.69) is 15.1 Å². The summed E-state index contributed by atoms with van der Waals surface area (Å²) >= 11 is 5.96. The smallest absolute Gasteiger partial charge is 0.265 e. The van der Waals surface area contributed by atoms with Crippen molar-refractivity contribution in [2.24, 2.45) is 5.10 Å². The van der Waals surface area contributed by atoms with E-state index in [4.69, 9.17) is 11.6 Å². The maximum atomic E-state index is 10.9. The fourth-order valence-corrected chi connectivity index (χ4v) is 3.38. The van der Waals surface area contributed by atoms with Crippen LogP contribution in [0.5, 0.6) is 0 Å². The van der Waals surface area contributed by atoms with E-state index in [0.717, 1.165) is 28.6 Å². The van der Waals surface area contributed by atoms with Crippen LogP contribution in [0.25, 0.3) is 11.0 Å². The first kappa shape index (κ1) is 16.7.